The molecule has 0 unspecified atom stereocenters. The van der Waals surface area contributed by atoms with Crippen LogP contribution in [0, 0.1) is 12.3 Å². The molecule has 0 aromatic heterocycles. The molecule has 0 spiro atoms. The molecule has 4 rings (SSSR count). The monoisotopic (exact) mass is 528 g/mol. The Labute approximate surface area is 221 Å². The minimum absolute atomic E-state index is 0.000290. The number of rotatable bonds is 9. The smallest absolute Gasteiger partial charge is 0.238 e. The fraction of sp³-hybridized carbons (Fsp3) is 0.103. The Morgan fingerprint density at radius 1 is 0.921 bits per heavy atom. The molecule has 8 nitrogen and oxygen atoms in total. The first-order chi connectivity index (χ1) is 18.1. The van der Waals surface area contributed by atoms with Gasteiger partial charge in [0.25, 0.3) is 0 Å². The number of sulfonamides is 1. The first-order valence-electron chi connectivity index (χ1n) is 11.8. The van der Waals surface area contributed by atoms with Gasteiger partial charge in [-0.1, -0.05) is 54.6 Å². The number of hydrogen-bond donors (Lipinski definition) is 4. The number of nitrogen functional groups attached to an aromatic ring is 1. The summed E-state index contributed by atoms with van der Waals surface area (Å²) in [7, 11) is -3.90. The van der Waals surface area contributed by atoms with Crippen molar-refractivity contribution in [1.82, 2.24) is 0 Å². The maximum atomic E-state index is 13.0. The van der Waals surface area contributed by atoms with Gasteiger partial charge in [0.15, 0.2) is 0 Å². The van der Waals surface area contributed by atoms with Crippen molar-refractivity contribution >= 4 is 27.5 Å². The topological polar surface area (TPSA) is 148 Å². The van der Waals surface area contributed by atoms with Crippen molar-refractivity contribution in [3.63, 3.8) is 0 Å². The van der Waals surface area contributed by atoms with E-state index in [2.05, 4.69) is 5.32 Å². The van der Waals surface area contributed by atoms with E-state index >= 15 is 0 Å². The van der Waals surface area contributed by atoms with E-state index in [1.54, 1.807) is 54.6 Å². The van der Waals surface area contributed by atoms with Gasteiger partial charge >= 0.3 is 0 Å². The fourth-order valence-corrected chi connectivity index (χ4v) is 4.87. The van der Waals surface area contributed by atoms with E-state index in [-0.39, 0.29) is 23.1 Å². The number of benzene rings is 4. The lowest BCUT2D eigenvalue weighted by Crippen LogP contribution is -2.17. The van der Waals surface area contributed by atoms with Crippen molar-refractivity contribution in [3.05, 3.63) is 113 Å². The molecule has 0 aliphatic carbocycles. The number of amides is 1. The first-order valence-corrected chi connectivity index (χ1v) is 13.3. The second-order valence-electron chi connectivity index (χ2n) is 8.81. The van der Waals surface area contributed by atoms with Crippen LogP contribution in [0.1, 0.15) is 22.3 Å². The molecule has 6 N–H and O–H groups in total. The lowest BCUT2D eigenvalue weighted by atomic mass is 10.00. The lowest BCUT2D eigenvalue weighted by Gasteiger charge is -2.15. The number of primary sulfonamides is 1. The molecule has 9 heteroatoms. The summed E-state index contributed by atoms with van der Waals surface area (Å²) in [6.07, 6.45) is 0.000290. The highest BCUT2D eigenvalue weighted by atomic mass is 32.2. The van der Waals surface area contributed by atoms with Gasteiger partial charge in [0.1, 0.15) is 18.2 Å². The summed E-state index contributed by atoms with van der Waals surface area (Å²) in [5.74, 6) is 0.139. The quantitative estimate of drug-likeness (QED) is 0.188. The van der Waals surface area contributed by atoms with Gasteiger partial charge in [-0.15, -0.1) is 0 Å². The molecule has 1 amide bonds. The summed E-state index contributed by atoms with van der Waals surface area (Å²) >= 11 is 0. The summed E-state index contributed by atoms with van der Waals surface area (Å²) in [6, 6.07) is 26.5. The normalized spacial score (nSPS) is 11.1. The zero-order chi connectivity index (χ0) is 27.3. The predicted octanol–water partition coefficient (Wildman–Crippen LogP) is 4.35. The second kappa shape index (κ2) is 11.3. The molecule has 0 radical (unpaired) electrons. The average molecular weight is 529 g/mol. The van der Waals surface area contributed by atoms with Crippen LogP contribution >= 0.6 is 0 Å². The number of hydrogen-bond acceptors (Lipinski definition) is 5. The maximum Gasteiger partial charge on any atom is 0.238 e. The third kappa shape index (κ3) is 6.44. The van der Waals surface area contributed by atoms with Crippen LogP contribution in [0.5, 0.6) is 5.75 Å². The summed E-state index contributed by atoms with van der Waals surface area (Å²) in [5.41, 5.74) is 10.2. The van der Waals surface area contributed by atoms with Crippen LogP contribution in [-0.4, -0.2) is 20.2 Å². The van der Waals surface area contributed by atoms with Gasteiger partial charge in [0.05, 0.1) is 11.3 Å². The number of nitrogens with two attached hydrogens (primary N) is 2. The van der Waals surface area contributed by atoms with Crippen LogP contribution in [0.4, 0.5) is 5.69 Å². The number of aryl methyl sites for hydroxylation is 1. The molecule has 0 saturated carbocycles. The maximum absolute atomic E-state index is 13.0. The van der Waals surface area contributed by atoms with Crippen molar-refractivity contribution < 1.29 is 17.9 Å². The molecule has 0 saturated heterocycles. The molecule has 0 aliphatic rings. The van der Waals surface area contributed by atoms with E-state index in [1.165, 1.54) is 6.07 Å². The van der Waals surface area contributed by atoms with Crippen molar-refractivity contribution in [2.45, 2.75) is 24.8 Å². The van der Waals surface area contributed by atoms with Gasteiger partial charge < -0.3 is 15.8 Å². The number of nitrogens with one attached hydrogen (secondary N) is 2. The molecular weight excluding hydrogens is 500 g/mol. The number of anilines is 1. The van der Waals surface area contributed by atoms with Gasteiger partial charge in [-0.05, 0) is 60.0 Å². The zero-order valence-electron chi connectivity index (χ0n) is 20.8. The van der Waals surface area contributed by atoms with Crippen molar-refractivity contribution in [2.75, 3.05) is 5.32 Å². The Balaban J connectivity index is 1.53. The zero-order valence-corrected chi connectivity index (χ0v) is 21.6. The number of carbonyl (C=O) groups excluding carboxylic acids is 1. The molecule has 0 bridgehead atoms. The van der Waals surface area contributed by atoms with Gasteiger partial charge in [-0.25, -0.2) is 13.6 Å². The Hall–Kier alpha value is -4.47. The summed E-state index contributed by atoms with van der Waals surface area (Å²) in [5, 5.41) is 16.0. The molecule has 194 valence electrons. The van der Waals surface area contributed by atoms with Crippen molar-refractivity contribution in [3.8, 4) is 16.9 Å². The van der Waals surface area contributed by atoms with E-state index in [0.717, 1.165) is 11.1 Å². The first kappa shape index (κ1) is 26.6. The van der Waals surface area contributed by atoms with E-state index in [1.807, 2.05) is 37.3 Å². The van der Waals surface area contributed by atoms with Gasteiger partial charge in [0.2, 0.25) is 15.9 Å². The van der Waals surface area contributed by atoms with E-state index in [4.69, 9.17) is 21.0 Å². The van der Waals surface area contributed by atoms with E-state index in [0.29, 0.717) is 40.3 Å². The van der Waals surface area contributed by atoms with Crippen LogP contribution in [-0.2, 0) is 27.8 Å². The average Bonchev–Trinajstić information content (AvgIpc) is 2.88. The Morgan fingerprint density at radius 3 is 2.32 bits per heavy atom. The van der Waals surface area contributed by atoms with Crippen LogP contribution in [0.2, 0.25) is 0 Å². The van der Waals surface area contributed by atoms with E-state index in [9.17, 15) is 13.2 Å². The van der Waals surface area contributed by atoms with Gasteiger partial charge in [0, 0.05) is 22.4 Å². The molecule has 0 fully saturated rings. The van der Waals surface area contributed by atoms with Gasteiger partial charge in [-0.3, -0.25) is 10.2 Å². The molecule has 4 aromatic carbocycles. The lowest BCUT2D eigenvalue weighted by molar-refractivity contribution is -0.115. The number of ether oxygens (including phenoxy) is 1. The number of carbonyl (C=O) groups is 1. The standard InChI is InChI=1S/C29H28N4O4S/c1-19-15-23(12-13-24(19)25-9-5-6-10-27(25)38(32,35)36)33-28(34)17-22-16-21(29(30)31)11-14-26(22)37-18-20-7-3-2-4-8-20/h2-16H,17-18H2,1H3,(H3,30,31)(H,33,34)(H2,32,35,36). The second-order valence-corrected chi connectivity index (χ2v) is 10.3. The predicted molar refractivity (Wildman–Crippen MR) is 149 cm³/mol. The fourth-order valence-electron chi connectivity index (χ4n) is 4.12. The Morgan fingerprint density at radius 2 is 1.63 bits per heavy atom. The Bertz CT molecular complexity index is 1600. The Kier molecular flexibility index (Phi) is 7.90. The van der Waals surface area contributed by atoms with Crippen molar-refractivity contribution in [2.24, 2.45) is 10.9 Å². The highest BCUT2D eigenvalue weighted by Gasteiger charge is 2.17. The summed E-state index contributed by atoms with van der Waals surface area (Å²) in [4.78, 5) is 13.0. The van der Waals surface area contributed by atoms with E-state index < -0.39 is 10.0 Å². The molecule has 38 heavy (non-hydrogen) atoms. The summed E-state index contributed by atoms with van der Waals surface area (Å²) in [6.45, 7) is 2.16. The summed E-state index contributed by atoms with van der Waals surface area (Å²) < 4.78 is 30.0. The molecule has 0 heterocycles. The third-order valence-electron chi connectivity index (χ3n) is 5.95. The van der Waals surface area contributed by atoms with Crippen molar-refractivity contribution in [1.29, 1.82) is 5.41 Å². The minimum Gasteiger partial charge on any atom is -0.489 e. The largest absolute Gasteiger partial charge is 0.489 e. The molecule has 4 aromatic rings. The van der Waals surface area contributed by atoms with Gasteiger partial charge in [-0.2, -0.15) is 0 Å². The molecule has 0 atom stereocenters. The van der Waals surface area contributed by atoms with Crippen LogP contribution < -0.4 is 20.9 Å². The van der Waals surface area contributed by atoms with Crippen LogP contribution in [0.25, 0.3) is 11.1 Å². The molecule has 0 aliphatic heterocycles. The third-order valence-corrected chi connectivity index (χ3v) is 6.92. The number of amidine groups is 1. The SMILES string of the molecule is Cc1cc(NC(=O)Cc2cc(C(=N)N)ccc2OCc2ccccc2)ccc1-c1ccccc1S(N)(=O)=O. The highest BCUT2D eigenvalue weighted by molar-refractivity contribution is 7.89. The van der Waals surface area contributed by atoms with Crippen LogP contribution in [0.3, 0.4) is 0 Å². The minimum atomic E-state index is -3.90. The molecular formula is C29H28N4O4S. The van der Waals surface area contributed by atoms with Crippen LogP contribution in [0.15, 0.2) is 95.9 Å². The highest BCUT2D eigenvalue weighted by Crippen LogP contribution is 2.31.